The van der Waals surface area contributed by atoms with Crippen LogP contribution in [0.4, 0.5) is 0 Å². The minimum absolute atomic E-state index is 0.266. The Morgan fingerprint density at radius 3 is 2.87 bits per heavy atom. The van der Waals surface area contributed by atoms with Gasteiger partial charge in [0.15, 0.2) is 5.82 Å². The van der Waals surface area contributed by atoms with Gasteiger partial charge < -0.3 is 14.2 Å². The zero-order valence-corrected chi connectivity index (χ0v) is 13.5. The van der Waals surface area contributed by atoms with Crippen molar-refractivity contribution in [3.63, 3.8) is 0 Å². The maximum Gasteiger partial charge on any atom is 0.151 e. The molecular weight excluding hydrogens is 308 g/mol. The molecule has 0 bridgehead atoms. The van der Waals surface area contributed by atoms with Gasteiger partial charge >= 0.3 is 0 Å². The summed E-state index contributed by atoms with van der Waals surface area (Å²) in [6.07, 6.45) is 4.51. The average Bonchev–Trinajstić information content (AvgIpc) is 3.24. The fourth-order valence-corrected chi connectivity index (χ4v) is 3.55. The number of nitrogens with zero attached hydrogens (tertiary/aromatic N) is 4. The Balaban J connectivity index is 1.82. The predicted octanol–water partition coefficient (Wildman–Crippen LogP) is 3.45. The fourth-order valence-electron chi connectivity index (χ4n) is 2.83. The minimum Gasteiger partial charge on any atom is -0.506 e. The van der Waals surface area contributed by atoms with Crippen LogP contribution in [0.1, 0.15) is 5.69 Å². The van der Waals surface area contributed by atoms with E-state index in [9.17, 15) is 5.11 Å². The maximum absolute atomic E-state index is 10.3. The van der Waals surface area contributed by atoms with Crippen molar-refractivity contribution in [2.45, 2.75) is 13.0 Å². The van der Waals surface area contributed by atoms with Crippen LogP contribution in [-0.2, 0) is 20.0 Å². The number of imidazole rings is 2. The summed E-state index contributed by atoms with van der Waals surface area (Å²) in [5.74, 6) is 1.17. The summed E-state index contributed by atoms with van der Waals surface area (Å²) in [6, 6.07) is 9.55. The topological polar surface area (TPSA) is 55.9 Å². The van der Waals surface area contributed by atoms with E-state index in [-0.39, 0.29) is 5.75 Å². The Morgan fingerprint density at radius 2 is 2.13 bits per heavy atom. The standard InChI is InChI=1S/C17H16N4OS/c1-20-11-18-10-12(20)7-8-21-16-13(4-2-5-14(16)22)19-17(21)15-6-3-9-23-15/h2-6,9-11,22H,7-8H2,1H3. The smallest absolute Gasteiger partial charge is 0.151 e. The number of aromatic hydroxyl groups is 1. The van der Waals surface area contributed by atoms with Crippen molar-refractivity contribution in [1.82, 2.24) is 19.1 Å². The molecule has 23 heavy (non-hydrogen) atoms. The number of hydrogen-bond acceptors (Lipinski definition) is 4. The van der Waals surface area contributed by atoms with Gasteiger partial charge in [0.25, 0.3) is 0 Å². The van der Waals surface area contributed by atoms with Crippen LogP contribution in [0.5, 0.6) is 5.75 Å². The van der Waals surface area contributed by atoms with Crippen molar-refractivity contribution in [3.8, 4) is 16.5 Å². The number of thiophene rings is 1. The number of para-hydroxylation sites is 1. The molecule has 3 aromatic heterocycles. The molecule has 6 heteroatoms. The van der Waals surface area contributed by atoms with Gasteiger partial charge in [0.1, 0.15) is 11.3 Å². The van der Waals surface area contributed by atoms with Gasteiger partial charge in [-0.05, 0) is 23.6 Å². The maximum atomic E-state index is 10.3. The lowest BCUT2D eigenvalue weighted by Gasteiger charge is -2.09. The lowest BCUT2D eigenvalue weighted by atomic mass is 10.2. The quantitative estimate of drug-likeness (QED) is 0.625. The molecular formula is C17H16N4OS. The second-order valence-electron chi connectivity index (χ2n) is 5.46. The van der Waals surface area contributed by atoms with Gasteiger partial charge in [-0.2, -0.15) is 0 Å². The summed E-state index contributed by atoms with van der Waals surface area (Å²) in [5.41, 5.74) is 2.76. The van der Waals surface area contributed by atoms with E-state index in [2.05, 4.69) is 15.6 Å². The zero-order valence-electron chi connectivity index (χ0n) is 12.7. The third kappa shape index (κ3) is 2.41. The van der Waals surface area contributed by atoms with Crippen LogP contribution in [0.25, 0.3) is 21.7 Å². The van der Waals surface area contributed by atoms with Gasteiger partial charge in [0, 0.05) is 31.9 Å². The molecule has 116 valence electrons. The molecule has 1 N–H and O–H groups in total. The van der Waals surface area contributed by atoms with Crippen LogP contribution in [0, 0.1) is 0 Å². The molecule has 0 saturated carbocycles. The van der Waals surface area contributed by atoms with E-state index < -0.39 is 0 Å². The van der Waals surface area contributed by atoms with Crippen molar-refractivity contribution in [2.75, 3.05) is 0 Å². The Bertz CT molecular complexity index is 952. The molecule has 0 fully saturated rings. The van der Waals surface area contributed by atoms with Crippen molar-refractivity contribution < 1.29 is 5.11 Å². The SMILES string of the molecule is Cn1cncc1CCn1c(-c2cccs2)nc2cccc(O)c21. The van der Waals surface area contributed by atoms with E-state index in [1.807, 2.05) is 41.4 Å². The number of rotatable bonds is 4. The molecule has 0 radical (unpaired) electrons. The molecule has 0 amide bonds. The van der Waals surface area contributed by atoms with Gasteiger partial charge in [0.2, 0.25) is 0 Å². The number of fused-ring (bicyclic) bond motifs is 1. The van der Waals surface area contributed by atoms with Crippen molar-refractivity contribution >= 4 is 22.4 Å². The lowest BCUT2D eigenvalue weighted by Crippen LogP contribution is -2.05. The molecule has 5 nitrogen and oxygen atoms in total. The lowest BCUT2D eigenvalue weighted by molar-refractivity contribution is 0.477. The molecule has 4 rings (SSSR count). The third-order valence-corrected chi connectivity index (χ3v) is 4.86. The highest BCUT2D eigenvalue weighted by Crippen LogP contribution is 2.32. The summed E-state index contributed by atoms with van der Waals surface area (Å²) in [7, 11) is 1.99. The number of aryl methyl sites for hydroxylation is 3. The molecule has 4 aromatic rings. The molecule has 0 saturated heterocycles. The van der Waals surface area contributed by atoms with E-state index >= 15 is 0 Å². The Hall–Kier alpha value is -2.60. The van der Waals surface area contributed by atoms with Crippen LogP contribution in [-0.4, -0.2) is 24.2 Å². The first-order valence-corrected chi connectivity index (χ1v) is 8.29. The number of hydrogen-bond donors (Lipinski definition) is 1. The summed E-state index contributed by atoms with van der Waals surface area (Å²) >= 11 is 1.66. The first-order valence-electron chi connectivity index (χ1n) is 7.41. The van der Waals surface area contributed by atoms with Gasteiger partial charge in [-0.25, -0.2) is 9.97 Å². The second-order valence-corrected chi connectivity index (χ2v) is 6.40. The Kier molecular flexibility index (Phi) is 3.38. The van der Waals surface area contributed by atoms with Crippen LogP contribution >= 0.6 is 11.3 Å². The van der Waals surface area contributed by atoms with E-state index in [1.54, 1.807) is 23.7 Å². The number of phenols is 1. The zero-order chi connectivity index (χ0) is 15.8. The Labute approximate surface area is 137 Å². The molecule has 0 aliphatic carbocycles. The first kappa shape index (κ1) is 14.0. The second kappa shape index (κ2) is 5.55. The first-order chi connectivity index (χ1) is 11.2. The van der Waals surface area contributed by atoms with E-state index in [0.29, 0.717) is 0 Å². The highest BCUT2D eigenvalue weighted by atomic mass is 32.1. The van der Waals surface area contributed by atoms with E-state index in [1.165, 1.54) is 0 Å². The summed E-state index contributed by atoms with van der Waals surface area (Å²) in [4.78, 5) is 10.00. The predicted molar refractivity (Wildman–Crippen MR) is 91.6 cm³/mol. The molecule has 1 aromatic carbocycles. The molecule has 0 spiro atoms. The van der Waals surface area contributed by atoms with Gasteiger partial charge in [-0.3, -0.25) is 0 Å². The molecule has 0 unspecified atom stereocenters. The molecule has 0 aliphatic heterocycles. The summed E-state index contributed by atoms with van der Waals surface area (Å²) in [5, 5.41) is 12.3. The molecule has 3 heterocycles. The highest BCUT2D eigenvalue weighted by molar-refractivity contribution is 7.13. The Morgan fingerprint density at radius 1 is 1.22 bits per heavy atom. The van der Waals surface area contributed by atoms with Crippen molar-refractivity contribution in [1.29, 1.82) is 0 Å². The monoisotopic (exact) mass is 324 g/mol. The van der Waals surface area contributed by atoms with E-state index in [0.717, 1.165) is 40.4 Å². The van der Waals surface area contributed by atoms with Crippen LogP contribution in [0.2, 0.25) is 0 Å². The normalized spacial score (nSPS) is 11.3. The van der Waals surface area contributed by atoms with Crippen LogP contribution in [0.15, 0.2) is 48.2 Å². The fraction of sp³-hybridized carbons (Fsp3) is 0.176. The van der Waals surface area contributed by atoms with Gasteiger partial charge in [-0.1, -0.05) is 12.1 Å². The van der Waals surface area contributed by atoms with Gasteiger partial charge in [0.05, 0.1) is 16.7 Å². The van der Waals surface area contributed by atoms with Gasteiger partial charge in [-0.15, -0.1) is 11.3 Å². The van der Waals surface area contributed by atoms with Crippen molar-refractivity contribution in [3.05, 3.63) is 53.9 Å². The highest BCUT2D eigenvalue weighted by Gasteiger charge is 2.16. The third-order valence-electron chi connectivity index (χ3n) is 3.99. The number of benzene rings is 1. The minimum atomic E-state index is 0.266. The number of aromatic nitrogens is 4. The van der Waals surface area contributed by atoms with E-state index in [4.69, 9.17) is 4.98 Å². The molecule has 0 aliphatic rings. The number of phenolic OH excluding ortho intramolecular Hbond substituents is 1. The van der Waals surface area contributed by atoms with Crippen molar-refractivity contribution in [2.24, 2.45) is 7.05 Å². The summed E-state index contributed by atoms with van der Waals surface area (Å²) < 4.78 is 4.12. The molecule has 0 atom stereocenters. The van der Waals surface area contributed by atoms with Crippen LogP contribution in [0.3, 0.4) is 0 Å². The summed E-state index contributed by atoms with van der Waals surface area (Å²) in [6.45, 7) is 0.737. The van der Waals surface area contributed by atoms with Crippen LogP contribution < -0.4 is 0 Å². The average molecular weight is 324 g/mol. The largest absolute Gasteiger partial charge is 0.506 e.